The second-order valence-electron chi connectivity index (χ2n) is 13.0. The third kappa shape index (κ3) is 7.67. The molecule has 0 fully saturated rings. The van der Waals surface area contributed by atoms with Gasteiger partial charge in [-0.3, -0.25) is 0 Å². The third-order valence-corrected chi connectivity index (χ3v) is 12.6. The molecule has 239 valence electrons. The van der Waals surface area contributed by atoms with E-state index < -0.39 is 20.1 Å². The molecule has 0 atom stereocenters. The molecular formula is C42H40GeIrN2O-2. The third-order valence-electron chi connectivity index (χ3n) is 8.31. The summed E-state index contributed by atoms with van der Waals surface area (Å²) in [5.41, 5.74) is 10.4. The van der Waals surface area contributed by atoms with Crippen molar-refractivity contribution in [3.05, 3.63) is 138 Å². The Balaban J connectivity index is 0.000000204. The summed E-state index contributed by atoms with van der Waals surface area (Å²) in [5.74, 6) is 7.43. The van der Waals surface area contributed by atoms with Gasteiger partial charge < -0.3 is 9.40 Å². The van der Waals surface area contributed by atoms with Crippen molar-refractivity contribution in [3.8, 4) is 33.6 Å². The molecule has 7 rings (SSSR count). The summed E-state index contributed by atoms with van der Waals surface area (Å²) in [6.07, 6.45) is 3.82. The molecule has 0 saturated carbocycles. The predicted molar refractivity (Wildman–Crippen MR) is 196 cm³/mol. The molecule has 0 bridgehead atoms. The number of aromatic nitrogens is 2. The van der Waals surface area contributed by atoms with Crippen molar-refractivity contribution < 1.29 is 28.6 Å². The normalized spacial score (nSPS) is 12.5. The molecule has 4 aromatic carbocycles. The van der Waals surface area contributed by atoms with Gasteiger partial charge in [0.1, 0.15) is 5.58 Å². The molecule has 0 amide bonds. The van der Waals surface area contributed by atoms with Crippen LogP contribution in [0.25, 0.3) is 55.6 Å². The summed E-state index contributed by atoms with van der Waals surface area (Å²) < 4.78 is 29.8. The van der Waals surface area contributed by atoms with Gasteiger partial charge in [0.25, 0.3) is 0 Å². The zero-order valence-corrected chi connectivity index (χ0v) is 32.1. The Morgan fingerprint density at radius 2 is 1.66 bits per heavy atom. The minimum Gasteiger partial charge on any atom is 0 e. The summed E-state index contributed by atoms with van der Waals surface area (Å²) in [5, 5.41) is 2.22. The number of aryl methyl sites for hydroxylation is 2. The summed E-state index contributed by atoms with van der Waals surface area (Å²) in [7, 11) is 0. The first kappa shape index (κ1) is 30.5. The summed E-state index contributed by atoms with van der Waals surface area (Å²) in [6.45, 7) is 4.44. The van der Waals surface area contributed by atoms with E-state index >= 15 is 0 Å². The van der Waals surface area contributed by atoms with Crippen molar-refractivity contribution in [1.29, 1.82) is 0 Å². The van der Waals surface area contributed by atoms with Crippen LogP contribution in [0, 0.1) is 25.9 Å². The molecule has 1 radical (unpaired) electrons. The maximum atomic E-state index is 7.35. The van der Waals surface area contributed by atoms with Crippen molar-refractivity contribution in [2.75, 3.05) is 0 Å². The molecule has 0 saturated heterocycles. The monoisotopic (exact) mass is 858 g/mol. The Kier molecular flexibility index (Phi) is 9.42. The summed E-state index contributed by atoms with van der Waals surface area (Å²) in [4.78, 5) is 9.08. The molecule has 0 aliphatic rings. The van der Waals surface area contributed by atoms with Gasteiger partial charge in [0.2, 0.25) is 0 Å². The van der Waals surface area contributed by atoms with Gasteiger partial charge in [-0.2, -0.15) is 0 Å². The first-order valence-electron chi connectivity index (χ1n) is 17.2. The van der Waals surface area contributed by atoms with Gasteiger partial charge in [0.05, 0.1) is 5.58 Å². The van der Waals surface area contributed by atoms with Crippen LogP contribution in [0.2, 0.25) is 17.3 Å². The van der Waals surface area contributed by atoms with Gasteiger partial charge in [-0.15, -0.1) is 18.2 Å². The van der Waals surface area contributed by atoms with Crippen LogP contribution in [0.15, 0.2) is 114 Å². The van der Waals surface area contributed by atoms with E-state index in [2.05, 4.69) is 127 Å². The quantitative estimate of drug-likeness (QED) is 0.128. The molecule has 47 heavy (non-hydrogen) atoms. The van der Waals surface area contributed by atoms with Crippen LogP contribution in [0.1, 0.15) is 40.6 Å². The fourth-order valence-electron chi connectivity index (χ4n) is 5.52. The number of benzene rings is 4. The maximum Gasteiger partial charge on any atom is 0 e. The van der Waals surface area contributed by atoms with Crippen LogP contribution in [0.4, 0.5) is 0 Å². The number of hydrogen-bond acceptors (Lipinski definition) is 3. The van der Waals surface area contributed by atoms with E-state index in [0.717, 1.165) is 44.5 Å². The van der Waals surface area contributed by atoms with Crippen molar-refractivity contribution >= 4 is 39.6 Å². The number of rotatable bonds is 5. The van der Waals surface area contributed by atoms with Gasteiger partial charge in [0.15, 0.2) is 0 Å². The van der Waals surface area contributed by atoms with E-state index in [-0.39, 0.29) is 20.1 Å². The van der Waals surface area contributed by atoms with Crippen LogP contribution in [-0.2, 0) is 20.1 Å². The van der Waals surface area contributed by atoms with Crippen molar-refractivity contribution in [1.82, 2.24) is 9.97 Å². The largest absolute Gasteiger partial charge is 0 e. The zero-order valence-electron chi connectivity index (χ0n) is 30.6. The first-order valence-corrected chi connectivity index (χ1v) is 23.0. The van der Waals surface area contributed by atoms with Crippen molar-refractivity contribution in [2.45, 2.75) is 50.8 Å². The Bertz CT molecular complexity index is 2180. The topological polar surface area (TPSA) is 38.9 Å². The van der Waals surface area contributed by atoms with E-state index in [0.29, 0.717) is 11.5 Å². The maximum absolute atomic E-state index is 7.35. The van der Waals surface area contributed by atoms with Crippen molar-refractivity contribution in [3.63, 3.8) is 0 Å². The fraction of sp³-hybridized carbons (Fsp3) is 0.190. The average Bonchev–Trinajstić information content (AvgIpc) is 3.46. The molecule has 3 heterocycles. The number of fused-ring (bicyclic) bond motifs is 3. The molecule has 3 aromatic heterocycles. The number of furan rings is 1. The van der Waals surface area contributed by atoms with Crippen LogP contribution >= 0.6 is 0 Å². The van der Waals surface area contributed by atoms with E-state index in [9.17, 15) is 0 Å². The van der Waals surface area contributed by atoms with Gasteiger partial charge in [-0.05, 0) is 47.4 Å². The van der Waals surface area contributed by atoms with Crippen LogP contribution < -0.4 is 4.40 Å². The number of nitrogens with zero attached hydrogens (tertiary/aromatic N) is 2. The Morgan fingerprint density at radius 1 is 0.830 bits per heavy atom. The van der Waals surface area contributed by atoms with E-state index in [1.54, 1.807) is 12.1 Å². The molecule has 0 N–H and O–H groups in total. The number of hydrogen-bond donors (Lipinski definition) is 0. The van der Waals surface area contributed by atoms with E-state index in [4.69, 9.17) is 8.53 Å². The molecule has 3 nitrogen and oxygen atoms in total. The van der Waals surface area contributed by atoms with Gasteiger partial charge in [-0.25, -0.2) is 0 Å². The molecule has 0 aliphatic heterocycles. The molecule has 0 aliphatic carbocycles. The first-order chi connectivity index (χ1) is 23.3. The fourth-order valence-corrected chi connectivity index (χ4v) is 7.69. The van der Waals surface area contributed by atoms with Gasteiger partial charge in [-0.1, -0.05) is 72.8 Å². The molecule has 0 unspecified atom stereocenters. The van der Waals surface area contributed by atoms with Crippen LogP contribution in [0.3, 0.4) is 0 Å². The second-order valence-corrected chi connectivity index (χ2v) is 23.7. The average molecular weight is 857 g/mol. The smallest absolute Gasteiger partial charge is 0 e. The molecular weight excluding hydrogens is 813 g/mol. The Labute approximate surface area is 299 Å². The zero-order chi connectivity index (χ0) is 34.9. The predicted octanol–water partition coefficient (Wildman–Crippen LogP) is 10.9. The Hall–Kier alpha value is -3.83. The van der Waals surface area contributed by atoms with Gasteiger partial charge >= 0.3 is 110 Å². The van der Waals surface area contributed by atoms with Crippen LogP contribution in [0.5, 0.6) is 0 Å². The summed E-state index contributed by atoms with van der Waals surface area (Å²) >= 11 is -1.83. The van der Waals surface area contributed by atoms with Crippen molar-refractivity contribution in [2.24, 2.45) is 0 Å². The van der Waals surface area contributed by atoms with Crippen LogP contribution in [-0.4, -0.2) is 23.2 Å². The minimum atomic E-state index is -2.08. The minimum absolute atomic E-state index is 0. The standard InChI is InChI=1S/C27H22NO.C15H18GeN.Ir/c1-17(2)19-13-14-28-25(15-19)24-10-6-9-23-22-12-11-20(16-26(22)29-27(23)24)21-8-5-4-7-18(21)3;1-12-5-7-13(8-6-12)15-10-9-14(11-17-15)16(2,3)4;/h4-9,11-17H,1-3H3;5-7,9-11H,1-4H3;/q2*-1;/i;1D3;. The second kappa shape index (κ2) is 14.5. The van der Waals surface area contributed by atoms with Gasteiger partial charge in [0, 0.05) is 31.7 Å². The summed E-state index contributed by atoms with van der Waals surface area (Å²) in [6, 6.07) is 38.6. The molecule has 5 heteroatoms. The van der Waals surface area contributed by atoms with E-state index in [1.165, 1.54) is 32.7 Å². The SMILES string of the molecule is Cc1ccccc1-c1ccc2c(c1)oc1c(-c3cc(C(C)C)ccn3)[c-]ccc12.[2H]C([2H])([2H])c1c[c-]c(-c2cc[c]([Ge]([CH3])([CH3])[CH3])cn2)cc1.[Ir]. The van der Waals surface area contributed by atoms with E-state index in [1.807, 2.05) is 24.5 Å². The number of pyridine rings is 2. The molecule has 7 aromatic rings. The Morgan fingerprint density at radius 3 is 2.34 bits per heavy atom. The molecule has 0 spiro atoms.